The van der Waals surface area contributed by atoms with Crippen LogP contribution in [0.3, 0.4) is 0 Å². The third-order valence-corrected chi connectivity index (χ3v) is 7.62. The van der Waals surface area contributed by atoms with Crippen LogP contribution < -0.4 is 5.32 Å². The zero-order valence-corrected chi connectivity index (χ0v) is 18.6. The van der Waals surface area contributed by atoms with Crippen molar-refractivity contribution >= 4 is 38.9 Å². The van der Waals surface area contributed by atoms with Gasteiger partial charge in [-0.3, -0.25) is 0 Å². The van der Waals surface area contributed by atoms with Gasteiger partial charge in [0.1, 0.15) is 11.1 Å². The van der Waals surface area contributed by atoms with E-state index in [0.29, 0.717) is 16.5 Å². The van der Waals surface area contributed by atoms with Crippen molar-refractivity contribution in [2.75, 3.05) is 5.32 Å². The molecule has 0 unspecified atom stereocenters. The molecule has 0 amide bonds. The van der Waals surface area contributed by atoms with E-state index in [2.05, 4.69) is 5.32 Å². The summed E-state index contributed by atoms with van der Waals surface area (Å²) in [4.78, 5) is -0.274. The molecule has 3 aromatic carbocycles. The van der Waals surface area contributed by atoms with E-state index in [1.807, 2.05) is 37.3 Å². The lowest BCUT2D eigenvalue weighted by molar-refractivity contribution is 0.603. The lowest BCUT2D eigenvalue weighted by Crippen LogP contribution is -2.10. The number of sulfone groups is 1. The van der Waals surface area contributed by atoms with Gasteiger partial charge < -0.3 is 5.32 Å². The summed E-state index contributed by atoms with van der Waals surface area (Å²) in [5.74, 6) is 0.495. The van der Waals surface area contributed by atoms with Crippen LogP contribution in [0, 0.1) is 18.3 Å². The Hall–Kier alpha value is -2.72. The quantitative estimate of drug-likeness (QED) is 0.433. The van der Waals surface area contributed by atoms with Crippen molar-refractivity contribution in [1.29, 1.82) is 5.26 Å². The summed E-state index contributed by atoms with van der Waals surface area (Å²) in [5.41, 5.74) is 2.67. The Bertz CT molecular complexity index is 1220. The van der Waals surface area contributed by atoms with E-state index in [0.717, 1.165) is 11.1 Å². The van der Waals surface area contributed by atoms with Crippen molar-refractivity contribution in [2.24, 2.45) is 0 Å². The van der Waals surface area contributed by atoms with Crippen LogP contribution in [0.1, 0.15) is 11.1 Å². The molecule has 0 heterocycles. The average molecular weight is 455 g/mol. The van der Waals surface area contributed by atoms with Crippen LogP contribution in [-0.4, -0.2) is 8.42 Å². The number of nitrogens with one attached hydrogen (secondary N) is 1. The molecule has 0 atom stereocenters. The summed E-state index contributed by atoms with van der Waals surface area (Å²) in [5, 5.41) is 13.6. The third kappa shape index (κ3) is 5.06. The second-order valence-corrected chi connectivity index (χ2v) is 9.69. The number of hydrogen-bond donors (Lipinski definition) is 1. The summed E-state index contributed by atoms with van der Waals surface area (Å²) in [6, 6.07) is 24.7. The number of nitriles is 1. The van der Waals surface area contributed by atoms with Crippen molar-refractivity contribution in [3.63, 3.8) is 0 Å². The number of halogens is 1. The summed E-state index contributed by atoms with van der Waals surface area (Å²) < 4.78 is 26.4. The maximum absolute atomic E-state index is 13.2. The molecule has 30 heavy (non-hydrogen) atoms. The Morgan fingerprint density at radius 3 is 2.30 bits per heavy atom. The van der Waals surface area contributed by atoms with Crippen molar-refractivity contribution in [1.82, 2.24) is 0 Å². The van der Waals surface area contributed by atoms with Crippen LogP contribution >= 0.6 is 23.4 Å². The molecular weight excluding hydrogens is 436 g/mol. The van der Waals surface area contributed by atoms with Gasteiger partial charge in [0.05, 0.1) is 15.6 Å². The van der Waals surface area contributed by atoms with E-state index < -0.39 is 9.84 Å². The maximum atomic E-state index is 13.2. The Labute approximate surface area is 186 Å². The molecule has 3 rings (SSSR count). The first-order chi connectivity index (χ1) is 14.4. The van der Waals surface area contributed by atoms with Crippen LogP contribution in [0.15, 0.2) is 93.7 Å². The fourth-order valence-electron chi connectivity index (χ4n) is 2.72. The minimum Gasteiger partial charge on any atom is -0.347 e. The molecule has 0 radical (unpaired) electrons. The first-order valence-corrected chi connectivity index (χ1v) is 11.9. The van der Waals surface area contributed by atoms with Crippen molar-refractivity contribution in [3.8, 4) is 6.07 Å². The van der Waals surface area contributed by atoms with E-state index in [4.69, 9.17) is 11.6 Å². The molecule has 0 aliphatic carbocycles. The Morgan fingerprint density at radius 1 is 1.00 bits per heavy atom. The van der Waals surface area contributed by atoms with Gasteiger partial charge in [0.25, 0.3) is 0 Å². The number of aryl methyl sites for hydroxylation is 1. The maximum Gasteiger partial charge on any atom is 0.219 e. The number of benzene rings is 3. The molecule has 0 spiro atoms. The number of anilines is 1. The zero-order chi connectivity index (χ0) is 21.6. The number of para-hydroxylation sites is 1. The van der Waals surface area contributed by atoms with Crippen LogP contribution in [0.4, 0.5) is 5.69 Å². The molecule has 1 N–H and O–H groups in total. The normalized spacial score (nSPS) is 12.0. The van der Waals surface area contributed by atoms with E-state index in [-0.39, 0.29) is 14.8 Å². The fraction of sp³-hybridized carbons (Fsp3) is 0.0870. The number of nitrogens with zero attached hydrogens (tertiary/aromatic N) is 1. The van der Waals surface area contributed by atoms with Gasteiger partial charge in [-0.15, -0.1) is 11.8 Å². The standard InChI is InChI=1S/C23H19ClN2O2S2/c1-17-9-5-6-10-18(17)16-29-23(26-21-14-8-7-13-20(21)24)22(15-25)30(27,28)19-11-3-2-4-12-19/h2-14,26H,16H2,1H3. The van der Waals surface area contributed by atoms with Gasteiger partial charge >= 0.3 is 0 Å². The Balaban J connectivity index is 2.07. The highest BCUT2D eigenvalue weighted by Crippen LogP contribution is 2.33. The molecule has 0 bridgehead atoms. The van der Waals surface area contributed by atoms with Gasteiger partial charge in [0, 0.05) is 5.75 Å². The van der Waals surface area contributed by atoms with Crippen LogP contribution in [0.5, 0.6) is 0 Å². The molecule has 0 saturated heterocycles. The summed E-state index contributed by atoms with van der Waals surface area (Å²) in [7, 11) is -4.01. The first-order valence-electron chi connectivity index (χ1n) is 9.07. The number of hydrogen-bond acceptors (Lipinski definition) is 5. The van der Waals surface area contributed by atoms with Gasteiger partial charge in [-0.2, -0.15) is 5.26 Å². The van der Waals surface area contributed by atoms with E-state index >= 15 is 0 Å². The van der Waals surface area contributed by atoms with Crippen molar-refractivity contribution < 1.29 is 8.42 Å². The van der Waals surface area contributed by atoms with Gasteiger partial charge in [0.2, 0.25) is 9.84 Å². The van der Waals surface area contributed by atoms with E-state index in [1.54, 1.807) is 42.5 Å². The van der Waals surface area contributed by atoms with Crippen molar-refractivity contribution in [3.05, 3.63) is 105 Å². The highest BCUT2D eigenvalue weighted by atomic mass is 35.5. The van der Waals surface area contributed by atoms with Gasteiger partial charge in [-0.05, 0) is 42.3 Å². The Morgan fingerprint density at radius 2 is 1.63 bits per heavy atom. The molecule has 152 valence electrons. The predicted octanol–water partition coefficient (Wildman–Crippen LogP) is 6.16. The molecular formula is C23H19ClN2O2S2. The largest absolute Gasteiger partial charge is 0.347 e. The van der Waals surface area contributed by atoms with Gasteiger partial charge in [-0.1, -0.05) is 66.2 Å². The zero-order valence-electron chi connectivity index (χ0n) is 16.2. The van der Waals surface area contributed by atoms with Crippen molar-refractivity contribution in [2.45, 2.75) is 17.6 Å². The minimum absolute atomic E-state index is 0.0662. The molecule has 7 heteroatoms. The van der Waals surface area contributed by atoms with Gasteiger partial charge in [-0.25, -0.2) is 8.42 Å². The summed E-state index contributed by atoms with van der Waals surface area (Å²) >= 11 is 7.52. The lowest BCUT2D eigenvalue weighted by Gasteiger charge is -2.15. The number of rotatable bonds is 7. The second kappa shape index (κ2) is 9.86. The van der Waals surface area contributed by atoms with Crippen LogP contribution in [-0.2, 0) is 15.6 Å². The molecule has 0 fully saturated rings. The molecule has 4 nitrogen and oxygen atoms in total. The van der Waals surface area contributed by atoms with E-state index in [9.17, 15) is 13.7 Å². The minimum atomic E-state index is -4.01. The first kappa shape index (κ1) is 22.0. The predicted molar refractivity (Wildman–Crippen MR) is 124 cm³/mol. The number of allylic oxidation sites excluding steroid dienone is 1. The fourth-order valence-corrected chi connectivity index (χ4v) is 5.55. The molecule has 0 aliphatic rings. The second-order valence-electron chi connectivity index (χ2n) is 6.41. The average Bonchev–Trinajstić information content (AvgIpc) is 2.75. The monoisotopic (exact) mass is 454 g/mol. The van der Waals surface area contributed by atoms with Gasteiger partial charge in [0.15, 0.2) is 4.91 Å². The van der Waals surface area contributed by atoms with E-state index in [1.165, 1.54) is 23.9 Å². The van der Waals surface area contributed by atoms with Crippen LogP contribution in [0.2, 0.25) is 5.02 Å². The van der Waals surface area contributed by atoms with Crippen LogP contribution in [0.25, 0.3) is 0 Å². The molecule has 0 aromatic heterocycles. The summed E-state index contributed by atoms with van der Waals surface area (Å²) in [6.07, 6.45) is 0. The molecule has 3 aromatic rings. The summed E-state index contributed by atoms with van der Waals surface area (Å²) in [6.45, 7) is 1.99. The molecule has 0 aliphatic heterocycles. The SMILES string of the molecule is Cc1ccccc1CSC(Nc1ccccc1Cl)=C(C#N)S(=O)(=O)c1ccccc1. The Kier molecular flexibility index (Phi) is 7.22. The lowest BCUT2D eigenvalue weighted by atomic mass is 10.1. The smallest absolute Gasteiger partial charge is 0.219 e. The number of thioether (sulfide) groups is 1. The molecule has 0 saturated carbocycles. The topological polar surface area (TPSA) is 70.0 Å². The highest BCUT2D eigenvalue weighted by molar-refractivity contribution is 8.04. The highest BCUT2D eigenvalue weighted by Gasteiger charge is 2.26. The third-order valence-electron chi connectivity index (χ3n) is 4.39.